The lowest BCUT2D eigenvalue weighted by Gasteiger charge is -2.26. The van der Waals surface area contributed by atoms with Crippen molar-refractivity contribution in [3.63, 3.8) is 0 Å². The number of hydrogen-bond acceptors (Lipinski definition) is 4. The number of rotatable bonds is 4. The van der Waals surface area contributed by atoms with E-state index in [1.807, 2.05) is 6.92 Å². The van der Waals surface area contributed by atoms with Gasteiger partial charge in [-0.15, -0.1) is 0 Å². The molecule has 1 aromatic carbocycles. The molecule has 6 nitrogen and oxygen atoms in total. The highest BCUT2D eigenvalue weighted by molar-refractivity contribution is 5.95. The van der Waals surface area contributed by atoms with Gasteiger partial charge >= 0.3 is 5.97 Å². The number of nitrogens with one attached hydrogen (secondary N) is 1. The Kier molecular flexibility index (Phi) is 4.80. The van der Waals surface area contributed by atoms with Crippen LogP contribution in [0, 0.1) is 5.92 Å². The molecule has 1 aromatic rings. The van der Waals surface area contributed by atoms with Gasteiger partial charge in [-0.05, 0) is 38.0 Å². The van der Waals surface area contributed by atoms with Gasteiger partial charge in [-0.3, -0.25) is 4.79 Å². The van der Waals surface area contributed by atoms with Crippen LogP contribution in [0.15, 0.2) is 18.2 Å². The molecule has 0 radical (unpaired) electrons. The van der Waals surface area contributed by atoms with E-state index in [0.29, 0.717) is 30.9 Å². The topological polar surface area (TPSA) is 84.9 Å². The summed E-state index contributed by atoms with van der Waals surface area (Å²) in [6.45, 7) is 2.52. The molecule has 1 aliphatic heterocycles. The zero-order valence-corrected chi connectivity index (χ0v) is 12.1. The molecule has 1 heterocycles. The van der Waals surface area contributed by atoms with Gasteiger partial charge in [0, 0.05) is 12.5 Å². The van der Waals surface area contributed by atoms with Crippen LogP contribution >= 0.6 is 0 Å². The molecule has 0 saturated carbocycles. The second-order valence-corrected chi connectivity index (χ2v) is 5.11. The van der Waals surface area contributed by atoms with Gasteiger partial charge in [0.25, 0.3) is 0 Å². The van der Waals surface area contributed by atoms with E-state index in [-0.39, 0.29) is 23.5 Å². The largest absolute Gasteiger partial charge is 0.495 e. The molecule has 0 aliphatic carbocycles. The quantitative estimate of drug-likeness (QED) is 0.888. The zero-order valence-electron chi connectivity index (χ0n) is 12.1. The molecule has 1 saturated heterocycles. The highest BCUT2D eigenvalue weighted by atomic mass is 16.5. The SMILES string of the molecule is COc1cc(C(=O)O)ccc1NC(=O)C1CCOC(C)C1. The number of anilines is 1. The summed E-state index contributed by atoms with van der Waals surface area (Å²) < 4.78 is 10.6. The number of carboxylic acid groups (broad SMARTS) is 1. The second kappa shape index (κ2) is 6.58. The van der Waals surface area contributed by atoms with Crippen LogP contribution in [-0.4, -0.2) is 36.8 Å². The fourth-order valence-corrected chi connectivity index (χ4v) is 2.40. The number of amides is 1. The molecule has 6 heteroatoms. The number of aromatic carboxylic acids is 1. The van der Waals surface area contributed by atoms with Crippen molar-refractivity contribution < 1.29 is 24.2 Å². The van der Waals surface area contributed by atoms with Crippen molar-refractivity contribution in [3.8, 4) is 5.75 Å². The van der Waals surface area contributed by atoms with Crippen LogP contribution in [0.4, 0.5) is 5.69 Å². The summed E-state index contributed by atoms with van der Waals surface area (Å²) >= 11 is 0. The third-order valence-corrected chi connectivity index (χ3v) is 3.56. The molecule has 114 valence electrons. The molecule has 1 fully saturated rings. The van der Waals surface area contributed by atoms with Gasteiger partial charge < -0.3 is 19.9 Å². The van der Waals surface area contributed by atoms with Crippen LogP contribution in [0.5, 0.6) is 5.75 Å². The fraction of sp³-hybridized carbons (Fsp3) is 0.467. The predicted molar refractivity (Wildman–Crippen MR) is 76.7 cm³/mol. The lowest BCUT2D eigenvalue weighted by Crippen LogP contribution is -2.32. The van der Waals surface area contributed by atoms with Crippen LogP contribution in [0.25, 0.3) is 0 Å². The van der Waals surface area contributed by atoms with E-state index < -0.39 is 5.97 Å². The van der Waals surface area contributed by atoms with E-state index in [2.05, 4.69) is 5.32 Å². The summed E-state index contributed by atoms with van der Waals surface area (Å²) in [6, 6.07) is 4.38. The number of ether oxygens (including phenoxy) is 2. The molecule has 0 bridgehead atoms. The number of carbonyl (C=O) groups excluding carboxylic acids is 1. The Balaban J connectivity index is 2.11. The monoisotopic (exact) mass is 293 g/mol. The minimum absolute atomic E-state index is 0.0748. The predicted octanol–water partition coefficient (Wildman–Crippen LogP) is 2.15. The molecule has 0 spiro atoms. The third kappa shape index (κ3) is 3.72. The molecule has 1 aliphatic rings. The normalized spacial score (nSPS) is 21.6. The molecule has 2 rings (SSSR count). The van der Waals surface area contributed by atoms with Crippen LogP contribution in [0.1, 0.15) is 30.1 Å². The maximum absolute atomic E-state index is 12.3. The molecule has 0 aromatic heterocycles. The van der Waals surface area contributed by atoms with E-state index in [4.69, 9.17) is 14.6 Å². The Morgan fingerprint density at radius 1 is 1.43 bits per heavy atom. The van der Waals surface area contributed by atoms with Gasteiger partial charge in [-0.25, -0.2) is 4.79 Å². The van der Waals surface area contributed by atoms with Gasteiger partial charge in [-0.2, -0.15) is 0 Å². The first kappa shape index (κ1) is 15.3. The molecular formula is C15H19NO5. The first-order valence-corrected chi connectivity index (χ1v) is 6.85. The first-order chi connectivity index (χ1) is 10.0. The maximum atomic E-state index is 12.3. The lowest BCUT2D eigenvalue weighted by atomic mass is 9.95. The summed E-state index contributed by atoms with van der Waals surface area (Å²) in [6.07, 6.45) is 1.44. The summed E-state index contributed by atoms with van der Waals surface area (Å²) in [4.78, 5) is 23.2. The summed E-state index contributed by atoms with van der Waals surface area (Å²) in [5, 5.41) is 11.8. The molecule has 2 N–H and O–H groups in total. The average molecular weight is 293 g/mol. The molecular weight excluding hydrogens is 274 g/mol. The van der Waals surface area contributed by atoms with Crippen LogP contribution in [-0.2, 0) is 9.53 Å². The van der Waals surface area contributed by atoms with Gasteiger partial charge in [0.1, 0.15) is 5.75 Å². The van der Waals surface area contributed by atoms with Gasteiger partial charge in [0.15, 0.2) is 0 Å². The van der Waals surface area contributed by atoms with Crippen molar-refractivity contribution in [2.75, 3.05) is 19.0 Å². The number of carboxylic acids is 1. The molecule has 2 unspecified atom stereocenters. The number of methoxy groups -OCH3 is 1. The smallest absolute Gasteiger partial charge is 0.335 e. The first-order valence-electron chi connectivity index (χ1n) is 6.85. The van der Waals surface area contributed by atoms with E-state index >= 15 is 0 Å². The Morgan fingerprint density at radius 3 is 2.81 bits per heavy atom. The molecule has 2 atom stereocenters. The van der Waals surface area contributed by atoms with Crippen LogP contribution in [0.3, 0.4) is 0 Å². The van der Waals surface area contributed by atoms with Gasteiger partial charge in [0.05, 0.1) is 24.5 Å². The Hall–Kier alpha value is -2.08. The summed E-state index contributed by atoms with van der Waals surface area (Å²) in [5.41, 5.74) is 0.594. The Labute approximate surface area is 123 Å². The van der Waals surface area contributed by atoms with Crippen molar-refractivity contribution in [3.05, 3.63) is 23.8 Å². The number of hydrogen-bond donors (Lipinski definition) is 2. The average Bonchev–Trinajstić information content (AvgIpc) is 2.47. The number of benzene rings is 1. The Bertz CT molecular complexity index is 543. The van der Waals surface area contributed by atoms with E-state index in [0.717, 1.165) is 0 Å². The second-order valence-electron chi connectivity index (χ2n) is 5.11. The van der Waals surface area contributed by atoms with Gasteiger partial charge in [0.2, 0.25) is 5.91 Å². The van der Waals surface area contributed by atoms with Crippen LogP contribution < -0.4 is 10.1 Å². The fourth-order valence-electron chi connectivity index (χ4n) is 2.40. The standard InChI is InChI=1S/C15H19NO5/c1-9-7-10(5-6-21-9)14(17)16-12-4-3-11(15(18)19)8-13(12)20-2/h3-4,8-10H,5-7H2,1-2H3,(H,16,17)(H,18,19). The Morgan fingerprint density at radius 2 is 2.19 bits per heavy atom. The molecule has 21 heavy (non-hydrogen) atoms. The molecule has 1 amide bonds. The highest BCUT2D eigenvalue weighted by Crippen LogP contribution is 2.28. The van der Waals surface area contributed by atoms with Crippen molar-refractivity contribution in [2.24, 2.45) is 5.92 Å². The summed E-state index contributed by atoms with van der Waals surface area (Å²) in [5.74, 6) is -0.892. The highest BCUT2D eigenvalue weighted by Gasteiger charge is 2.26. The van der Waals surface area contributed by atoms with Crippen molar-refractivity contribution >= 4 is 17.6 Å². The zero-order chi connectivity index (χ0) is 15.4. The van der Waals surface area contributed by atoms with E-state index in [1.54, 1.807) is 6.07 Å². The van der Waals surface area contributed by atoms with Crippen molar-refractivity contribution in [1.82, 2.24) is 0 Å². The minimum atomic E-state index is -1.04. The minimum Gasteiger partial charge on any atom is -0.495 e. The van der Waals surface area contributed by atoms with Crippen molar-refractivity contribution in [1.29, 1.82) is 0 Å². The third-order valence-electron chi connectivity index (χ3n) is 3.56. The number of carbonyl (C=O) groups is 2. The maximum Gasteiger partial charge on any atom is 0.335 e. The lowest BCUT2D eigenvalue weighted by molar-refractivity contribution is -0.124. The van der Waals surface area contributed by atoms with Gasteiger partial charge in [-0.1, -0.05) is 0 Å². The van der Waals surface area contributed by atoms with Crippen molar-refractivity contribution in [2.45, 2.75) is 25.9 Å². The van der Waals surface area contributed by atoms with Crippen LogP contribution in [0.2, 0.25) is 0 Å². The van der Waals surface area contributed by atoms with E-state index in [9.17, 15) is 9.59 Å². The summed E-state index contributed by atoms with van der Waals surface area (Å²) in [7, 11) is 1.44. The van der Waals surface area contributed by atoms with E-state index in [1.165, 1.54) is 19.2 Å².